The highest BCUT2D eigenvalue weighted by atomic mass is 16.6. The third-order valence-electron chi connectivity index (χ3n) is 9.13. The molecule has 2 aliphatic heterocycles. The van der Waals surface area contributed by atoms with E-state index in [2.05, 4.69) is 17.2 Å². The number of rotatable bonds is 23. The monoisotopic (exact) mass is 684 g/mol. The zero-order chi connectivity index (χ0) is 34.8. The first-order chi connectivity index (χ1) is 23.8. The molecule has 270 valence electrons. The molecule has 3 fully saturated rings. The van der Waals surface area contributed by atoms with Crippen molar-refractivity contribution < 1.29 is 42.9 Å². The molecule has 1 unspecified atom stereocenters. The lowest BCUT2D eigenvalue weighted by Crippen LogP contribution is -2.47. The van der Waals surface area contributed by atoms with E-state index in [1.54, 1.807) is 17.0 Å². The molecular formula is C36H52N4O9. The van der Waals surface area contributed by atoms with E-state index < -0.39 is 0 Å². The molecule has 49 heavy (non-hydrogen) atoms. The Balaban J connectivity index is 0.885. The van der Waals surface area contributed by atoms with Crippen LogP contribution in [-0.2, 0) is 49.3 Å². The third-order valence-corrected chi connectivity index (χ3v) is 9.13. The molecule has 1 aromatic rings. The minimum absolute atomic E-state index is 0.0482. The van der Waals surface area contributed by atoms with Crippen molar-refractivity contribution in [2.24, 2.45) is 11.8 Å². The Labute approximate surface area is 289 Å². The molecule has 4 rings (SSSR count). The lowest BCUT2D eigenvalue weighted by molar-refractivity contribution is -0.152. The maximum Gasteiger partial charge on any atom is 0.230 e. The quantitative estimate of drug-likeness (QED) is 0.131. The van der Waals surface area contributed by atoms with Gasteiger partial charge in [0.1, 0.15) is 0 Å². The molecule has 13 heteroatoms. The van der Waals surface area contributed by atoms with Crippen LogP contribution < -0.4 is 10.6 Å². The Morgan fingerprint density at radius 3 is 2.04 bits per heavy atom. The first-order valence-electron chi connectivity index (χ1n) is 17.6. The fraction of sp³-hybridized carbons (Fsp3) is 0.639. The second kappa shape index (κ2) is 20.8. The van der Waals surface area contributed by atoms with Crippen molar-refractivity contribution in [1.82, 2.24) is 15.1 Å². The van der Waals surface area contributed by atoms with E-state index >= 15 is 0 Å². The molecule has 5 amide bonds. The number of likely N-dealkylation sites (tertiary alicyclic amines) is 2. The van der Waals surface area contributed by atoms with Gasteiger partial charge in [-0.15, -0.1) is 0 Å². The fourth-order valence-electron chi connectivity index (χ4n) is 6.24. The molecule has 0 radical (unpaired) electrons. The highest BCUT2D eigenvalue weighted by Crippen LogP contribution is 2.40. The summed E-state index contributed by atoms with van der Waals surface area (Å²) in [6.07, 6.45) is 7.10. The van der Waals surface area contributed by atoms with Crippen molar-refractivity contribution in [3.05, 3.63) is 42.1 Å². The normalized spacial score (nSPS) is 17.9. The fourth-order valence-corrected chi connectivity index (χ4v) is 6.24. The van der Waals surface area contributed by atoms with Gasteiger partial charge < -0.3 is 34.5 Å². The zero-order valence-electron chi connectivity index (χ0n) is 28.6. The van der Waals surface area contributed by atoms with Crippen molar-refractivity contribution in [2.45, 2.75) is 64.2 Å². The molecule has 1 aliphatic carbocycles. The number of hydrogen-bond donors (Lipinski definition) is 2. The van der Waals surface area contributed by atoms with Crippen LogP contribution in [0.25, 0.3) is 0 Å². The zero-order valence-corrected chi connectivity index (χ0v) is 28.6. The summed E-state index contributed by atoms with van der Waals surface area (Å²) in [5.74, 6) is 0.132. The summed E-state index contributed by atoms with van der Waals surface area (Å²) in [6.45, 7) is 8.38. The van der Waals surface area contributed by atoms with E-state index in [-0.39, 0.29) is 61.3 Å². The van der Waals surface area contributed by atoms with Gasteiger partial charge in [0, 0.05) is 56.2 Å². The highest BCUT2D eigenvalue weighted by molar-refractivity contribution is 5.99. The van der Waals surface area contributed by atoms with Gasteiger partial charge in [0.2, 0.25) is 29.5 Å². The first kappa shape index (κ1) is 38.2. The van der Waals surface area contributed by atoms with Gasteiger partial charge in [-0.25, -0.2) is 0 Å². The molecule has 0 spiro atoms. The molecule has 1 atom stereocenters. The molecule has 1 saturated carbocycles. The number of amides is 5. The van der Waals surface area contributed by atoms with Crippen LogP contribution in [0.5, 0.6) is 0 Å². The average Bonchev–Trinajstić information content (AvgIpc) is 3.72. The van der Waals surface area contributed by atoms with Crippen molar-refractivity contribution in [1.29, 1.82) is 0 Å². The van der Waals surface area contributed by atoms with E-state index in [1.807, 2.05) is 12.1 Å². The molecule has 0 bridgehead atoms. The molecule has 2 saturated heterocycles. The van der Waals surface area contributed by atoms with Crippen LogP contribution in [-0.4, -0.2) is 112 Å². The summed E-state index contributed by atoms with van der Waals surface area (Å²) < 4.78 is 21.9. The summed E-state index contributed by atoms with van der Waals surface area (Å²) in [4.78, 5) is 63.5. The Morgan fingerprint density at radius 2 is 1.43 bits per heavy atom. The SMILES string of the molecule is C=C1CC(C2CCCC2)C(=O)N1CCC(=O)NCCOCCOCCOCCOCCC(=O)Nc1ccc(CCC(=O)N2CCC2=O)cc1. The summed E-state index contributed by atoms with van der Waals surface area (Å²) in [7, 11) is 0. The van der Waals surface area contributed by atoms with Crippen LogP contribution in [0.1, 0.15) is 63.4 Å². The van der Waals surface area contributed by atoms with Gasteiger partial charge in [-0.2, -0.15) is 0 Å². The van der Waals surface area contributed by atoms with Gasteiger partial charge in [-0.1, -0.05) is 31.6 Å². The Morgan fingerprint density at radius 1 is 0.796 bits per heavy atom. The van der Waals surface area contributed by atoms with Crippen LogP contribution >= 0.6 is 0 Å². The predicted molar refractivity (Wildman–Crippen MR) is 181 cm³/mol. The first-order valence-corrected chi connectivity index (χ1v) is 17.6. The van der Waals surface area contributed by atoms with E-state index in [4.69, 9.17) is 18.9 Å². The van der Waals surface area contributed by atoms with Crippen LogP contribution in [0.2, 0.25) is 0 Å². The predicted octanol–water partition coefficient (Wildman–Crippen LogP) is 2.83. The smallest absolute Gasteiger partial charge is 0.230 e. The number of allylic oxidation sites excluding steroid dienone is 1. The molecule has 2 heterocycles. The topological polar surface area (TPSA) is 153 Å². The number of anilines is 1. The van der Waals surface area contributed by atoms with Crippen molar-refractivity contribution >= 4 is 35.2 Å². The number of benzene rings is 1. The van der Waals surface area contributed by atoms with E-state index in [0.717, 1.165) is 30.5 Å². The lowest BCUT2D eigenvalue weighted by atomic mass is 9.89. The maximum atomic E-state index is 12.8. The number of carbonyl (C=O) groups excluding carboxylic acids is 5. The molecular weight excluding hydrogens is 632 g/mol. The second-order valence-electron chi connectivity index (χ2n) is 12.6. The minimum Gasteiger partial charge on any atom is -0.379 e. The maximum absolute atomic E-state index is 12.8. The summed E-state index contributed by atoms with van der Waals surface area (Å²) in [6, 6.07) is 7.30. The molecule has 1 aromatic carbocycles. The van der Waals surface area contributed by atoms with Crippen molar-refractivity contribution in [2.75, 3.05) is 77.8 Å². The van der Waals surface area contributed by atoms with E-state index in [1.165, 1.54) is 17.7 Å². The lowest BCUT2D eigenvalue weighted by Gasteiger charge is -2.28. The molecule has 13 nitrogen and oxygen atoms in total. The van der Waals surface area contributed by atoms with Gasteiger partial charge in [0.05, 0.1) is 59.3 Å². The Hall–Kier alpha value is -3.65. The summed E-state index contributed by atoms with van der Waals surface area (Å²) in [5.41, 5.74) is 2.46. The standard InChI is InChI=1S/C36H52N4O9/c1-27-26-31(29-4-2-3-5-29)36(45)39(27)16-12-32(41)37-15-19-47-21-23-49-25-24-48-22-20-46-18-14-33(42)38-30-9-6-28(7-10-30)8-11-34(43)40-17-13-35(40)44/h6-7,9-10,29,31H,1-5,8,11-26H2,(H,37,41)(H,38,42). The van der Waals surface area contributed by atoms with Crippen molar-refractivity contribution in [3.8, 4) is 0 Å². The van der Waals surface area contributed by atoms with Crippen LogP contribution in [0.3, 0.4) is 0 Å². The number of carbonyl (C=O) groups is 5. The largest absolute Gasteiger partial charge is 0.379 e. The van der Waals surface area contributed by atoms with E-state index in [9.17, 15) is 24.0 Å². The molecule has 0 aromatic heterocycles. The van der Waals surface area contributed by atoms with Gasteiger partial charge in [-0.3, -0.25) is 28.9 Å². The van der Waals surface area contributed by atoms with Gasteiger partial charge >= 0.3 is 0 Å². The Kier molecular flexibility index (Phi) is 16.2. The highest BCUT2D eigenvalue weighted by Gasteiger charge is 2.40. The number of nitrogens with one attached hydrogen (secondary N) is 2. The van der Waals surface area contributed by atoms with Crippen LogP contribution in [0, 0.1) is 11.8 Å². The number of β-lactam (4-membered cyclic amide) rings is 1. The number of imide groups is 1. The van der Waals surface area contributed by atoms with Gasteiger partial charge in [0.15, 0.2) is 0 Å². The number of nitrogens with zero attached hydrogens (tertiary/aromatic N) is 2. The van der Waals surface area contributed by atoms with Crippen LogP contribution in [0.4, 0.5) is 5.69 Å². The second-order valence-corrected chi connectivity index (χ2v) is 12.6. The molecule has 2 N–H and O–H groups in total. The third kappa shape index (κ3) is 13.0. The number of aryl methyl sites for hydroxylation is 1. The average molecular weight is 685 g/mol. The van der Waals surface area contributed by atoms with Gasteiger partial charge in [0.25, 0.3) is 0 Å². The number of ether oxygens (including phenoxy) is 4. The summed E-state index contributed by atoms with van der Waals surface area (Å²) in [5, 5.41) is 5.65. The van der Waals surface area contributed by atoms with Crippen LogP contribution in [0.15, 0.2) is 36.5 Å². The number of hydrogen-bond acceptors (Lipinski definition) is 9. The summed E-state index contributed by atoms with van der Waals surface area (Å²) >= 11 is 0. The minimum atomic E-state index is -0.160. The Bertz CT molecular complexity index is 1270. The van der Waals surface area contributed by atoms with Crippen molar-refractivity contribution in [3.63, 3.8) is 0 Å². The molecule has 3 aliphatic rings. The van der Waals surface area contributed by atoms with E-state index in [0.29, 0.717) is 90.3 Å². The van der Waals surface area contributed by atoms with Gasteiger partial charge in [-0.05, 0) is 49.3 Å².